The van der Waals surface area contributed by atoms with Crippen LogP contribution >= 0.6 is 0 Å². The zero-order chi connectivity index (χ0) is 8.27. The number of ketones is 1. The first-order chi connectivity index (χ1) is 5.24. The number of carbonyl (C=O) groups excluding carboxylic acids is 1. The minimum Gasteiger partial charge on any atom is -0.393 e. The molecule has 2 heteroatoms. The second-order valence-corrected chi connectivity index (χ2v) is 3.38. The molecule has 0 aliphatic heterocycles. The van der Waals surface area contributed by atoms with Gasteiger partial charge in [0, 0.05) is 12.3 Å². The maximum Gasteiger partial charge on any atom is 0.136 e. The second kappa shape index (κ2) is 3.86. The topological polar surface area (TPSA) is 37.3 Å². The summed E-state index contributed by atoms with van der Waals surface area (Å²) in [7, 11) is 0. The molecule has 0 heterocycles. The van der Waals surface area contributed by atoms with Gasteiger partial charge in [-0.25, -0.2) is 0 Å². The molecule has 11 heavy (non-hydrogen) atoms. The van der Waals surface area contributed by atoms with Crippen molar-refractivity contribution in [3.8, 4) is 0 Å². The second-order valence-electron chi connectivity index (χ2n) is 3.38. The quantitative estimate of drug-likeness (QED) is 0.672. The van der Waals surface area contributed by atoms with Crippen LogP contribution < -0.4 is 0 Å². The van der Waals surface area contributed by atoms with Crippen LogP contribution in [0.15, 0.2) is 0 Å². The standard InChI is InChI=1S/C9H16O2/c1-2-3-9(11)7-4-5-8(10)6-7/h7-8,10H,2-6H2,1H3/t7-,8+/m1/s1. The van der Waals surface area contributed by atoms with Gasteiger partial charge < -0.3 is 5.11 Å². The molecule has 0 unspecified atom stereocenters. The highest BCUT2D eigenvalue weighted by Crippen LogP contribution is 2.27. The predicted octanol–water partition coefficient (Wildman–Crippen LogP) is 1.52. The molecule has 64 valence electrons. The molecule has 1 N–H and O–H groups in total. The number of aliphatic hydroxyl groups excluding tert-OH is 1. The van der Waals surface area contributed by atoms with Crippen LogP contribution in [-0.2, 0) is 4.79 Å². The lowest BCUT2D eigenvalue weighted by molar-refractivity contribution is -0.122. The summed E-state index contributed by atoms with van der Waals surface area (Å²) < 4.78 is 0. The number of aliphatic hydroxyl groups is 1. The molecule has 1 aliphatic rings. The van der Waals surface area contributed by atoms with E-state index in [1.165, 1.54) is 0 Å². The SMILES string of the molecule is CCCC(=O)[C@@H]1CC[C@H](O)C1. The van der Waals surface area contributed by atoms with E-state index in [1.54, 1.807) is 0 Å². The van der Waals surface area contributed by atoms with Crippen LogP contribution in [0.1, 0.15) is 39.0 Å². The highest BCUT2D eigenvalue weighted by molar-refractivity contribution is 5.81. The highest BCUT2D eigenvalue weighted by atomic mass is 16.3. The third-order valence-electron chi connectivity index (χ3n) is 2.36. The first-order valence-electron chi connectivity index (χ1n) is 4.44. The summed E-state index contributed by atoms with van der Waals surface area (Å²) in [5, 5.41) is 9.16. The van der Waals surface area contributed by atoms with E-state index < -0.39 is 0 Å². The van der Waals surface area contributed by atoms with Crippen LogP contribution in [0.25, 0.3) is 0 Å². The maximum atomic E-state index is 11.3. The Balaban J connectivity index is 2.31. The highest BCUT2D eigenvalue weighted by Gasteiger charge is 2.27. The van der Waals surface area contributed by atoms with Gasteiger partial charge in [-0.3, -0.25) is 4.79 Å². The van der Waals surface area contributed by atoms with E-state index in [4.69, 9.17) is 5.11 Å². The molecule has 0 aromatic rings. The van der Waals surface area contributed by atoms with Gasteiger partial charge in [0.1, 0.15) is 5.78 Å². The number of hydrogen-bond donors (Lipinski definition) is 1. The Bertz CT molecular complexity index is 142. The van der Waals surface area contributed by atoms with Crippen LogP contribution in [-0.4, -0.2) is 17.0 Å². The van der Waals surface area contributed by atoms with Crippen molar-refractivity contribution < 1.29 is 9.90 Å². The molecule has 0 aromatic heterocycles. The van der Waals surface area contributed by atoms with Crippen LogP contribution in [0.2, 0.25) is 0 Å². The zero-order valence-corrected chi connectivity index (χ0v) is 7.05. The summed E-state index contributed by atoms with van der Waals surface area (Å²) in [4.78, 5) is 11.3. The average molecular weight is 156 g/mol. The van der Waals surface area contributed by atoms with Crippen molar-refractivity contribution in [1.82, 2.24) is 0 Å². The van der Waals surface area contributed by atoms with Crippen molar-refractivity contribution in [3.05, 3.63) is 0 Å². The van der Waals surface area contributed by atoms with E-state index >= 15 is 0 Å². The molecular formula is C9H16O2. The van der Waals surface area contributed by atoms with E-state index in [-0.39, 0.29) is 12.0 Å². The van der Waals surface area contributed by atoms with E-state index in [9.17, 15) is 4.79 Å². The molecular weight excluding hydrogens is 140 g/mol. The van der Waals surface area contributed by atoms with E-state index in [2.05, 4.69) is 0 Å². The third-order valence-corrected chi connectivity index (χ3v) is 2.36. The van der Waals surface area contributed by atoms with Crippen molar-refractivity contribution >= 4 is 5.78 Å². The lowest BCUT2D eigenvalue weighted by Gasteiger charge is -2.05. The van der Waals surface area contributed by atoms with Crippen molar-refractivity contribution in [1.29, 1.82) is 0 Å². The Kier molecular flexibility index (Phi) is 3.06. The molecule has 0 saturated heterocycles. The molecule has 0 bridgehead atoms. The summed E-state index contributed by atoms with van der Waals surface area (Å²) in [5.41, 5.74) is 0. The Hall–Kier alpha value is -0.370. The van der Waals surface area contributed by atoms with Gasteiger partial charge in [-0.1, -0.05) is 6.92 Å². The van der Waals surface area contributed by atoms with Crippen molar-refractivity contribution in [2.75, 3.05) is 0 Å². The molecule has 1 aliphatic carbocycles. The van der Waals surface area contributed by atoms with Crippen LogP contribution in [0.5, 0.6) is 0 Å². The number of carbonyl (C=O) groups is 1. The maximum absolute atomic E-state index is 11.3. The smallest absolute Gasteiger partial charge is 0.136 e. The van der Waals surface area contributed by atoms with Gasteiger partial charge in [0.2, 0.25) is 0 Å². The van der Waals surface area contributed by atoms with Crippen LogP contribution in [0, 0.1) is 5.92 Å². The Morgan fingerprint density at radius 1 is 1.55 bits per heavy atom. The minimum atomic E-state index is -0.208. The van der Waals surface area contributed by atoms with E-state index in [0.29, 0.717) is 18.6 Å². The monoisotopic (exact) mass is 156 g/mol. The van der Waals surface area contributed by atoms with Crippen molar-refractivity contribution in [2.45, 2.75) is 45.1 Å². The van der Waals surface area contributed by atoms with Crippen molar-refractivity contribution in [3.63, 3.8) is 0 Å². The van der Waals surface area contributed by atoms with E-state index in [0.717, 1.165) is 19.3 Å². The lowest BCUT2D eigenvalue weighted by atomic mass is 9.99. The zero-order valence-electron chi connectivity index (χ0n) is 7.05. The molecule has 0 spiro atoms. The van der Waals surface area contributed by atoms with Gasteiger partial charge in [-0.2, -0.15) is 0 Å². The van der Waals surface area contributed by atoms with Gasteiger partial charge in [-0.15, -0.1) is 0 Å². The molecule has 2 atom stereocenters. The van der Waals surface area contributed by atoms with Gasteiger partial charge in [0.15, 0.2) is 0 Å². The van der Waals surface area contributed by atoms with Crippen LogP contribution in [0.4, 0.5) is 0 Å². The molecule has 0 amide bonds. The minimum absolute atomic E-state index is 0.171. The van der Waals surface area contributed by atoms with Gasteiger partial charge in [0.05, 0.1) is 6.10 Å². The summed E-state index contributed by atoms with van der Waals surface area (Å²) >= 11 is 0. The van der Waals surface area contributed by atoms with Gasteiger partial charge >= 0.3 is 0 Å². The largest absolute Gasteiger partial charge is 0.393 e. The molecule has 2 nitrogen and oxygen atoms in total. The number of hydrogen-bond acceptors (Lipinski definition) is 2. The molecule has 0 aromatic carbocycles. The molecule has 1 saturated carbocycles. The Morgan fingerprint density at radius 2 is 2.27 bits per heavy atom. The third kappa shape index (κ3) is 2.29. The van der Waals surface area contributed by atoms with Crippen molar-refractivity contribution in [2.24, 2.45) is 5.92 Å². The lowest BCUT2D eigenvalue weighted by Crippen LogP contribution is -2.11. The predicted molar refractivity (Wildman–Crippen MR) is 43.3 cm³/mol. The van der Waals surface area contributed by atoms with Gasteiger partial charge in [-0.05, 0) is 25.7 Å². The van der Waals surface area contributed by atoms with Gasteiger partial charge in [0.25, 0.3) is 0 Å². The normalized spacial score (nSPS) is 30.7. The van der Waals surface area contributed by atoms with Crippen LogP contribution in [0.3, 0.4) is 0 Å². The summed E-state index contributed by atoms with van der Waals surface area (Å²) in [6, 6.07) is 0. The Morgan fingerprint density at radius 3 is 2.73 bits per heavy atom. The fourth-order valence-corrected chi connectivity index (χ4v) is 1.70. The summed E-state index contributed by atoms with van der Waals surface area (Å²) in [6.45, 7) is 2.02. The summed E-state index contributed by atoms with van der Waals surface area (Å²) in [5.74, 6) is 0.522. The summed E-state index contributed by atoms with van der Waals surface area (Å²) in [6.07, 6.45) is 3.85. The Labute approximate surface area is 67.6 Å². The fourth-order valence-electron chi connectivity index (χ4n) is 1.70. The molecule has 0 radical (unpaired) electrons. The first kappa shape index (κ1) is 8.72. The molecule has 1 fully saturated rings. The molecule has 1 rings (SSSR count). The first-order valence-corrected chi connectivity index (χ1v) is 4.44. The fraction of sp³-hybridized carbons (Fsp3) is 0.889. The average Bonchev–Trinajstić information content (AvgIpc) is 2.36. The van der Waals surface area contributed by atoms with E-state index in [1.807, 2.05) is 6.92 Å². The number of Topliss-reactive ketones (excluding diaryl/α,β-unsaturated/α-hetero) is 1. The number of rotatable bonds is 3.